The molecule has 0 aliphatic carbocycles. The maximum Gasteiger partial charge on any atom is 0.493 e. The monoisotopic (exact) mass is 637 g/mol. The van der Waals surface area contributed by atoms with Gasteiger partial charge in [-0.25, -0.2) is 18.0 Å². The average molecular weight is 638 g/mol. The van der Waals surface area contributed by atoms with Crippen molar-refractivity contribution in [3.8, 4) is 17.2 Å². The van der Waals surface area contributed by atoms with Gasteiger partial charge < -0.3 is 34.7 Å². The molecule has 1 saturated heterocycles. The van der Waals surface area contributed by atoms with E-state index < -0.39 is 38.8 Å². The third-order valence-corrected chi connectivity index (χ3v) is 7.68. The molecule has 17 heteroatoms. The highest BCUT2D eigenvalue weighted by atomic mass is 35.5. The van der Waals surface area contributed by atoms with Gasteiger partial charge in [0.1, 0.15) is 35.6 Å². The molecule has 42 heavy (non-hydrogen) atoms. The molecule has 12 nitrogen and oxygen atoms in total. The van der Waals surface area contributed by atoms with E-state index in [9.17, 15) is 41.4 Å². The van der Waals surface area contributed by atoms with Crippen molar-refractivity contribution in [3.05, 3.63) is 47.0 Å². The van der Waals surface area contributed by atoms with Gasteiger partial charge >= 0.3 is 18.2 Å². The summed E-state index contributed by atoms with van der Waals surface area (Å²) in [5.41, 5.74) is 0.421. The van der Waals surface area contributed by atoms with Crippen molar-refractivity contribution >= 4 is 39.3 Å². The molecule has 2 aromatic carbocycles. The fourth-order valence-electron chi connectivity index (χ4n) is 4.64. The summed E-state index contributed by atoms with van der Waals surface area (Å²) in [7, 11) is -4.80. The third-order valence-electron chi connectivity index (χ3n) is 6.60. The van der Waals surface area contributed by atoms with Gasteiger partial charge in [-0.2, -0.15) is 13.2 Å². The maximum atomic E-state index is 12.6. The minimum Gasteiger partial charge on any atom is -0.508 e. The molecule has 2 amide bonds. The van der Waals surface area contributed by atoms with E-state index in [0.717, 1.165) is 35.9 Å². The van der Waals surface area contributed by atoms with E-state index in [4.69, 9.17) is 21.1 Å². The zero-order chi connectivity index (χ0) is 30.9. The Labute approximate surface area is 243 Å². The van der Waals surface area contributed by atoms with Crippen molar-refractivity contribution in [1.29, 1.82) is 0 Å². The van der Waals surface area contributed by atoms with Gasteiger partial charge in [-0.05, 0) is 40.4 Å². The molecule has 4 rings (SSSR count). The SMILES string of the molecule is CS(=O)(=O)N(OC(=O)C(F)(F)F)C(=O)Nc1ccc(O)cc1OC[C@@H](O)CN1CCC2(CC1)Cc1cc(Cl)ccc1O2. The number of hydroxylamine groups is 1. The predicted octanol–water partition coefficient (Wildman–Crippen LogP) is 3.07. The zero-order valence-electron chi connectivity index (χ0n) is 22.1. The largest absolute Gasteiger partial charge is 0.508 e. The minimum absolute atomic E-state index is 0.213. The number of hydrogen-bond acceptors (Lipinski definition) is 10. The van der Waals surface area contributed by atoms with E-state index in [-0.39, 0.29) is 35.9 Å². The first-order chi connectivity index (χ1) is 19.5. The van der Waals surface area contributed by atoms with Crippen molar-refractivity contribution in [2.75, 3.05) is 37.8 Å². The Hall–Kier alpha value is -3.47. The highest BCUT2D eigenvalue weighted by molar-refractivity contribution is 7.88. The summed E-state index contributed by atoms with van der Waals surface area (Å²) in [5, 5.41) is 23.0. The van der Waals surface area contributed by atoms with Gasteiger partial charge in [0, 0.05) is 50.0 Å². The molecule has 1 spiro atoms. The maximum absolute atomic E-state index is 12.6. The van der Waals surface area contributed by atoms with Crippen LogP contribution in [0, 0.1) is 0 Å². The lowest BCUT2D eigenvalue weighted by Crippen LogP contribution is -2.49. The van der Waals surface area contributed by atoms with Crippen molar-refractivity contribution in [1.82, 2.24) is 9.37 Å². The number of sulfonamides is 1. The molecule has 0 saturated carbocycles. The summed E-state index contributed by atoms with van der Waals surface area (Å²) < 4.78 is 72.3. The smallest absolute Gasteiger partial charge is 0.493 e. The van der Waals surface area contributed by atoms with Crippen LogP contribution in [0.2, 0.25) is 5.02 Å². The number of phenols is 1. The number of carbonyl (C=O) groups excluding carboxylic acids is 2. The molecule has 0 radical (unpaired) electrons. The second-order valence-corrected chi connectivity index (χ2v) is 12.2. The van der Waals surface area contributed by atoms with Crippen LogP contribution in [0.25, 0.3) is 0 Å². The fourth-order valence-corrected chi connectivity index (χ4v) is 5.39. The number of nitrogens with zero attached hydrogens (tertiary/aromatic N) is 2. The second kappa shape index (κ2) is 12.0. The Morgan fingerprint density at radius 1 is 1.21 bits per heavy atom. The van der Waals surface area contributed by atoms with Crippen molar-refractivity contribution in [2.45, 2.75) is 37.1 Å². The lowest BCUT2D eigenvalue weighted by molar-refractivity contribution is -0.216. The first-order valence-corrected chi connectivity index (χ1v) is 14.7. The molecule has 2 aromatic rings. The average Bonchev–Trinajstić information content (AvgIpc) is 3.24. The standard InChI is InChI=1S/C25H27ClF3N3O9S/c1-42(37,38)32(41-22(35)25(27,28)29)23(36)30-19-4-3-17(33)11-21(19)39-14-18(34)13-31-8-6-24(7-9-31)12-15-10-16(26)2-5-20(15)40-24/h2-5,10-11,18,33-34H,6-9,12-14H2,1H3,(H,30,36)/t18-/m0/s1. The van der Waals surface area contributed by atoms with E-state index in [2.05, 4.69) is 4.84 Å². The Kier molecular flexibility index (Phi) is 9.01. The van der Waals surface area contributed by atoms with Gasteiger partial charge in [-0.1, -0.05) is 11.6 Å². The van der Waals surface area contributed by atoms with Gasteiger partial charge in [0.15, 0.2) is 0 Å². The number of halogens is 4. The summed E-state index contributed by atoms with van der Waals surface area (Å²) in [6.07, 6.45) is -4.11. The van der Waals surface area contributed by atoms with Crippen LogP contribution in [-0.2, 0) is 26.1 Å². The minimum atomic E-state index is -5.58. The molecule has 1 fully saturated rings. The number of piperidine rings is 1. The van der Waals surface area contributed by atoms with Gasteiger partial charge in [-0.15, -0.1) is 0 Å². The quantitative estimate of drug-likeness (QED) is 0.305. The summed E-state index contributed by atoms with van der Waals surface area (Å²) in [4.78, 5) is 29.3. The van der Waals surface area contributed by atoms with Crippen LogP contribution >= 0.6 is 11.6 Å². The molecule has 2 aliphatic heterocycles. The molecule has 2 aliphatic rings. The Morgan fingerprint density at radius 2 is 1.90 bits per heavy atom. The molecular formula is C25H27ClF3N3O9S. The van der Waals surface area contributed by atoms with Crippen LogP contribution in [0.15, 0.2) is 36.4 Å². The van der Waals surface area contributed by atoms with E-state index in [1.54, 1.807) is 6.07 Å². The molecule has 0 bridgehead atoms. The second-order valence-electron chi connectivity index (χ2n) is 9.96. The topological polar surface area (TPSA) is 155 Å². The number of hydrogen-bond donors (Lipinski definition) is 3. The van der Waals surface area contributed by atoms with E-state index in [1.807, 2.05) is 22.3 Å². The highest BCUT2D eigenvalue weighted by Gasteiger charge is 2.45. The Balaban J connectivity index is 1.33. The van der Waals surface area contributed by atoms with Crippen molar-refractivity contribution in [2.24, 2.45) is 0 Å². The van der Waals surface area contributed by atoms with Crippen molar-refractivity contribution < 1.29 is 55.7 Å². The number of aliphatic hydroxyl groups excluding tert-OH is 1. The van der Waals surface area contributed by atoms with Crippen LogP contribution in [-0.4, -0.2) is 90.4 Å². The number of phenolic OH excluding ortho intramolecular Hbond substituents is 1. The highest BCUT2D eigenvalue weighted by Crippen LogP contribution is 2.42. The summed E-state index contributed by atoms with van der Waals surface area (Å²) in [6, 6.07) is 6.92. The number of nitrogens with one attached hydrogen (secondary N) is 1. The number of anilines is 1. The number of rotatable bonds is 7. The lowest BCUT2D eigenvalue weighted by atomic mass is 9.87. The lowest BCUT2D eigenvalue weighted by Gasteiger charge is -2.39. The molecule has 230 valence electrons. The van der Waals surface area contributed by atoms with Crippen LogP contribution in [0.3, 0.4) is 0 Å². The number of alkyl halides is 3. The summed E-state index contributed by atoms with van der Waals surface area (Å²) in [6.45, 7) is 1.15. The normalized spacial score (nSPS) is 17.2. The zero-order valence-corrected chi connectivity index (χ0v) is 23.6. The summed E-state index contributed by atoms with van der Waals surface area (Å²) in [5.74, 6) is -2.70. The van der Waals surface area contributed by atoms with Crippen molar-refractivity contribution in [3.63, 3.8) is 0 Å². The number of carbonyl (C=O) groups is 2. The molecule has 0 aromatic heterocycles. The molecule has 0 unspecified atom stereocenters. The van der Waals surface area contributed by atoms with Crippen LogP contribution < -0.4 is 14.8 Å². The predicted molar refractivity (Wildman–Crippen MR) is 142 cm³/mol. The first kappa shape index (κ1) is 31.5. The van der Waals surface area contributed by atoms with E-state index in [1.165, 1.54) is 0 Å². The van der Waals surface area contributed by atoms with Gasteiger partial charge in [0.2, 0.25) is 0 Å². The molecular weight excluding hydrogens is 611 g/mol. The number of amides is 2. The third kappa shape index (κ3) is 7.67. The number of β-amino-alcohol motifs (C(OH)–C–C–N with tert-alkyl or cyclic N) is 1. The van der Waals surface area contributed by atoms with E-state index >= 15 is 0 Å². The number of likely N-dealkylation sites (tertiary alicyclic amines) is 1. The van der Waals surface area contributed by atoms with Gasteiger partial charge in [0.05, 0.1) is 11.9 Å². The number of aromatic hydroxyl groups is 1. The van der Waals surface area contributed by atoms with Gasteiger partial charge in [0.25, 0.3) is 10.0 Å². The molecule has 1 atom stereocenters. The van der Waals surface area contributed by atoms with Crippen LogP contribution in [0.4, 0.5) is 23.7 Å². The van der Waals surface area contributed by atoms with Gasteiger partial charge in [-0.3, -0.25) is 0 Å². The van der Waals surface area contributed by atoms with Crippen LogP contribution in [0.5, 0.6) is 17.2 Å². The number of fused-ring (bicyclic) bond motifs is 1. The van der Waals surface area contributed by atoms with E-state index in [0.29, 0.717) is 37.2 Å². The fraction of sp³-hybridized carbons (Fsp3) is 0.440. The Morgan fingerprint density at radius 3 is 2.55 bits per heavy atom. The number of aliphatic hydroxyl groups is 1. The number of urea groups is 1. The molecule has 3 N–H and O–H groups in total. The first-order valence-electron chi connectivity index (χ1n) is 12.5. The Bertz CT molecular complexity index is 1450. The van der Waals surface area contributed by atoms with Crippen LogP contribution in [0.1, 0.15) is 18.4 Å². The number of benzene rings is 2. The number of ether oxygens (including phenoxy) is 2. The molecule has 2 heterocycles. The summed E-state index contributed by atoms with van der Waals surface area (Å²) >= 11 is 6.09.